The number of benzene rings is 2. The zero-order valence-corrected chi connectivity index (χ0v) is 18.8. The van der Waals surface area contributed by atoms with Crippen LogP contribution in [-0.2, 0) is 17.1 Å². The van der Waals surface area contributed by atoms with Gasteiger partial charge in [-0.05, 0) is 42.5 Å². The molecule has 1 amide bonds. The maximum atomic E-state index is 13.3. The number of anilines is 2. The van der Waals surface area contributed by atoms with Crippen LogP contribution in [0.15, 0.2) is 59.8 Å². The number of aromatic nitrogens is 2. The van der Waals surface area contributed by atoms with Gasteiger partial charge in [-0.2, -0.15) is 9.40 Å². The second-order valence-corrected chi connectivity index (χ2v) is 9.64. The van der Waals surface area contributed by atoms with Crippen LogP contribution < -0.4 is 10.2 Å². The quantitative estimate of drug-likeness (QED) is 0.610. The summed E-state index contributed by atoms with van der Waals surface area (Å²) < 4.78 is 42.3. The average Bonchev–Trinajstić information content (AvgIpc) is 3.18. The molecule has 1 aliphatic rings. The van der Waals surface area contributed by atoms with Crippen molar-refractivity contribution in [2.24, 2.45) is 7.05 Å². The van der Waals surface area contributed by atoms with Gasteiger partial charge in [0.2, 0.25) is 5.03 Å². The van der Waals surface area contributed by atoms with E-state index in [9.17, 15) is 17.6 Å². The third kappa shape index (κ3) is 4.62. The minimum Gasteiger partial charge on any atom is -0.369 e. The predicted octanol–water partition coefficient (Wildman–Crippen LogP) is 2.98. The van der Waals surface area contributed by atoms with Crippen molar-refractivity contribution in [2.45, 2.75) is 5.03 Å². The van der Waals surface area contributed by atoms with Crippen LogP contribution in [-0.4, -0.2) is 54.6 Å². The molecular weight excluding hydrogens is 457 g/mol. The second kappa shape index (κ2) is 8.89. The number of hydrogen-bond acceptors (Lipinski definition) is 5. The number of hydrogen-bond donors (Lipinski definition) is 1. The Balaban J connectivity index is 1.52. The third-order valence-corrected chi connectivity index (χ3v) is 7.21. The zero-order valence-electron chi connectivity index (χ0n) is 17.2. The van der Waals surface area contributed by atoms with Crippen LogP contribution in [0.1, 0.15) is 10.4 Å². The van der Waals surface area contributed by atoms with Crippen molar-refractivity contribution in [1.29, 1.82) is 0 Å². The molecule has 0 aliphatic carbocycles. The number of nitrogens with zero attached hydrogens (tertiary/aromatic N) is 4. The number of sulfonamides is 1. The Morgan fingerprint density at radius 2 is 1.78 bits per heavy atom. The largest absolute Gasteiger partial charge is 0.369 e. The maximum absolute atomic E-state index is 13.3. The van der Waals surface area contributed by atoms with E-state index < -0.39 is 21.7 Å². The molecule has 1 fully saturated rings. The number of nitrogens with one attached hydrogen (secondary N) is 1. The molecule has 0 atom stereocenters. The molecule has 4 rings (SSSR count). The van der Waals surface area contributed by atoms with E-state index in [-0.39, 0.29) is 23.7 Å². The van der Waals surface area contributed by atoms with Crippen molar-refractivity contribution < 1.29 is 17.6 Å². The standard InChI is InChI=1S/C21H21ClFN5O3S/c1-26-14-19(20(29)24-17-7-5-16(23)6-8-17)21(25-26)32(30,31)28-11-9-27(10-12-28)18-4-2-3-15(22)13-18/h2-8,13-14H,9-12H2,1H3,(H,24,29). The number of carbonyl (C=O) groups is 1. The predicted molar refractivity (Wildman–Crippen MR) is 120 cm³/mol. The molecule has 3 aromatic rings. The lowest BCUT2D eigenvalue weighted by Gasteiger charge is -2.35. The van der Waals surface area contributed by atoms with Gasteiger partial charge in [0.25, 0.3) is 15.9 Å². The first-order chi connectivity index (χ1) is 15.2. The minimum atomic E-state index is -4.00. The maximum Gasteiger partial charge on any atom is 0.263 e. The lowest BCUT2D eigenvalue weighted by Crippen LogP contribution is -2.49. The average molecular weight is 478 g/mol. The molecule has 1 aromatic heterocycles. The van der Waals surface area contributed by atoms with Gasteiger partial charge < -0.3 is 10.2 Å². The molecule has 0 saturated carbocycles. The Kier molecular flexibility index (Phi) is 6.18. The molecule has 11 heteroatoms. The molecule has 0 spiro atoms. The van der Waals surface area contributed by atoms with Gasteiger partial charge in [0, 0.05) is 55.8 Å². The summed E-state index contributed by atoms with van der Waals surface area (Å²) in [6.45, 7) is 1.43. The fourth-order valence-electron chi connectivity index (χ4n) is 3.53. The van der Waals surface area contributed by atoms with E-state index in [1.165, 1.54) is 39.4 Å². The number of piperazine rings is 1. The summed E-state index contributed by atoms with van der Waals surface area (Å²) in [6.07, 6.45) is 1.36. The Morgan fingerprint density at radius 1 is 1.09 bits per heavy atom. The lowest BCUT2D eigenvalue weighted by molar-refractivity contribution is 0.102. The topological polar surface area (TPSA) is 87.5 Å². The van der Waals surface area contributed by atoms with Crippen molar-refractivity contribution in [3.05, 3.63) is 71.1 Å². The highest BCUT2D eigenvalue weighted by molar-refractivity contribution is 7.89. The highest BCUT2D eigenvalue weighted by atomic mass is 35.5. The Labute approximate surface area is 190 Å². The van der Waals surface area contributed by atoms with E-state index in [1.807, 2.05) is 18.2 Å². The number of amides is 1. The number of halogens is 2. The summed E-state index contributed by atoms with van der Waals surface area (Å²) in [5.74, 6) is -1.08. The van der Waals surface area contributed by atoms with Crippen LogP contribution in [0.5, 0.6) is 0 Å². The Hall–Kier alpha value is -2.95. The first-order valence-corrected chi connectivity index (χ1v) is 11.7. The van der Waals surface area contributed by atoms with Crippen LogP contribution in [0.4, 0.5) is 15.8 Å². The molecule has 0 unspecified atom stereocenters. The van der Waals surface area contributed by atoms with Gasteiger partial charge in [-0.1, -0.05) is 17.7 Å². The van der Waals surface area contributed by atoms with Gasteiger partial charge in [0.1, 0.15) is 5.82 Å². The summed E-state index contributed by atoms with van der Waals surface area (Å²) in [4.78, 5) is 14.8. The molecule has 32 heavy (non-hydrogen) atoms. The first-order valence-electron chi connectivity index (χ1n) is 9.85. The number of aryl methyl sites for hydroxylation is 1. The van der Waals surface area contributed by atoms with E-state index >= 15 is 0 Å². The van der Waals surface area contributed by atoms with Crippen LogP contribution in [0, 0.1) is 5.82 Å². The van der Waals surface area contributed by atoms with Crippen LogP contribution in [0.3, 0.4) is 0 Å². The van der Waals surface area contributed by atoms with E-state index in [4.69, 9.17) is 11.6 Å². The third-order valence-electron chi connectivity index (χ3n) is 5.14. The smallest absolute Gasteiger partial charge is 0.263 e. The molecule has 8 nitrogen and oxygen atoms in total. The van der Waals surface area contributed by atoms with Gasteiger partial charge >= 0.3 is 0 Å². The Bertz CT molecular complexity index is 1240. The van der Waals surface area contributed by atoms with Gasteiger partial charge in [-0.3, -0.25) is 9.48 Å². The summed E-state index contributed by atoms with van der Waals surface area (Å²) >= 11 is 6.06. The van der Waals surface area contributed by atoms with Crippen molar-refractivity contribution in [2.75, 3.05) is 36.4 Å². The minimum absolute atomic E-state index is 0.0749. The van der Waals surface area contributed by atoms with Gasteiger partial charge in [0.05, 0.1) is 5.56 Å². The van der Waals surface area contributed by atoms with Crippen molar-refractivity contribution in [1.82, 2.24) is 14.1 Å². The molecule has 1 saturated heterocycles. The highest BCUT2D eigenvalue weighted by Crippen LogP contribution is 2.25. The van der Waals surface area contributed by atoms with E-state index in [1.54, 1.807) is 13.1 Å². The van der Waals surface area contributed by atoms with E-state index in [2.05, 4.69) is 15.3 Å². The molecule has 0 bridgehead atoms. The van der Waals surface area contributed by atoms with Crippen LogP contribution in [0.25, 0.3) is 0 Å². The lowest BCUT2D eigenvalue weighted by atomic mass is 10.2. The highest BCUT2D eigenvalue weighted by Gasteiger charge is 2.34. The summed E-state index contributed by atoms with van der Waals surface area (Å²) in [5.41, 5.74) is 1.19. The van der Waals surface area contributed by atoms with Crippen LogP contribution >= 0.6 is 11.6 Å². The molecule has 0 radical (unpaired) electrons. The van der Waals surface area contributed by atoms with Gasteiger partial charge in [0.15, 0.2) is 0 Å². The fourth-order valence-corrected chi connectivity index (χ4v) is 5.26. The molecule has 1 N–H and O–H groups in total. The van der Waals surface area contributed by atoms with E-state index in [0.29, 0.717) is 23.8 Å². The zero-order chi connectivity index (χ0) is 22.9. The van der Waals surface area contributed by atoms with Gasteiger partial charge in [-0.25, -0.2) is 12.8 Å². The monoisotopic (exact) mass is 477 g/mol. The number of rotatable bonds is 5. The van der Waals surface area contributed by atoms with Gasteiger partial charge in [-0.15, -0.1) is 0 Å². The molecular formula is C21H21ClFN5O3S. The summed E-state index contributed by atoms with van der Waals surface area (Å²) in [7, 11) is -2.46. The Morgan fingerprint density at radius 3 is 2.44 bits per heavy atom. The second-order valence-electron chi connectivity index (χ2n) is 7.35. The molecule has 168 valence electrons. The van der Waals surface area contributed by atoms with Crippen molar-refractivity contribution in [3.63, 3.8) is 0 Å². The first kappa shape index (κ1) is 22.3. The normalized spacial score (nSPS) is 15.0. The number of carbonyl (C=O) groups excluding carboxylic acids is 1. The fraction of sp³-hybridized carbons (Fsp3) is 0.238. The van der Waals surface area contributed by atoms with Crippen molar-refractivity contribution >= 4 is 38.9 Å². The van der Waals surface area contributed by atoms with Crippen molar-refractivity contribution in [3.8, 4) is 0 Å². The van der Waals surface area contributed by atoms with Crippen LogP contribution in [0.2, 0.25) is 5.02 Å². The summed E-state index contributed by atoms with van der Waals surface area (Å²) in [6, 6.07) is 12.6. The molecule has 2 heterocycles. The van der Waals surface area contributed by atoms with E-state index in [0.717, 1.165) is 5.69 Å². The molecule has 1 aliphatic heterocycles. The summed E-state index contributed by atoms with van der Waals surface area (Å²) in [5, 5.41) is 6.95. The molecule has 2 aromatic carbocycles. The SMILES string of the molecule is Cn1cc(C(=O)Nc2ccc(F)cc2)c(S(=O)(=O)N2CCN(c3cccc(Cl)c3)CC2)n1.